The molecule has 0 aliphatic carbocycles. The first kappa shape index (κ1) is 20.2. The predicted molar refractivity (Wildman–Crippen MR) is 121 cm³/mol. The molecule has 1 aliphatic rings. The number of primary amides is 1. The molecule has 0 saturated heterocycles. The number of hydrogen-bond donors (Lipinski definition) is 2. The van der Waals surface area contributed by atoms with E-state index in [9.17, 15) is 9.59 Å². The zero-order valence-electron chi connectivity index (χ0n) is 16.4. The maximum Gasteiger partial charge on any atom is 0.315 e. The Morgan fingerprint density at radius 3 is 2.57 bits per heavy atom. The third-order valence-electron chi connectivity index (χ3n) is 4.94. The summed E-state index contributed by atoms with van der Waals surface area (Å²) in [4.78, 5) is 34.8. The minimum absolute atomic E-state index is 0.255. The van der Waals surface area contributed by atoms with E-state index in [1.54, 1.807) is 27.6 Å². The highest BCUT2D eigenvalue weighted by molar-refractivity contribution is 7.98. The number of thioether (sulfide) groups is 1. The van der Waals surface area contributed by atoms with E-state index in [4.69, 9.17) is 11.5 Å². The van der Waals surface area contributed by atoms with Crippen molar-refractivity contribution in [1.82, 2.24) is 9.88 Å². The minimum atomic E-state index is -0.463. The number of urea groups is 1. The number of thiazole rings is 1. The molecule has 0 saturated carbocycles. The van der Waals surface area contributed by atoms with E-state index in [0.717, 1.165) is 15.5 Å². The number of benzene rings is 2. The van der Waals surface area contributed by atoms with Gasteiger partial charge in [0.05, 0.1) is 23.6 Å². The molecule has 2 heterocycles. The number of carbonyl (C=O) groups is 2. The van der Waals surface area contributed by atoms with Crippen molar-refractivity contribution >= 4 is 52.1 Å². The summed E-state index contributed by atoms with van der Waals surface area (Å²) in [5.41, 5.74) is 14.3. The summed E-state index contributed by atoms with van der Waals surface area (Å²) < 4.78 is 0. The fourth-order valence-electron chi connectivity index (χ4n) is 3.36. The van der Waals surface area contributed by atoms with Gasteiger partial charge in [-0.3, -0.25) is 9.69 Å². The Labute approximate surface area is 182 Å². The van der Waals surface area contributed by atoms with Gasteiger partial charge in [-0.15, -0.1) is 23.1 Å². The predicted octanol–water partition coefficient (Wildman–Crippen LogP) is 3.86. The van der Waals surface area contributed by atoms with Crippen LogP contribution in [0.4, 0.5) is 21.9 Å². The summed E-state index contributed by atoms with van der Waals surface area (Å²) in [5, 5.41) is 0.364. The van der Waals surface area contributed by atoms with Crippen LogP contribution in [0.2, 0.25) is 0 Å². The quantitative estimate of drug-likeness (QED) is 0.474. The molecule has 9 heteroatoms. The van der Waals surface area contributed by atoms with Gasteiger partial charge in [-0.2, -0.15) is 0 Å². The first-order valence-electron chi connectivity index (χ1n) is 9.34. The number of amides is 3. The van der Waals surface area contributed by atoms with Gasteiger partial charge in [0.1, 0.15) is 0 Å². The third-order valence-corrected chi connectivity index (χ3v) is 6.75. The molecular formula is C21H21N5O2S2. The Hall–Kier alpha value is -3.04. The molecule has 0 fully saturated rings. The van der Waals surface area contributed by atoms with Crippen LogP contribution in [0, 0.1) is 0 Å². The van der Waals surface area contributed by atoms with Gasteiger partial charge in [0.15, 0.2) is 5.01 Å². The monoisotopic (exact) mass is 439 g/mol. The minimum Gasteiger partial charge on any atom is -0.397 e. The summed E-state index contributed by atoms with van der Waals surface area (Å²) in [6.07, 6.45) is 2.58. The van der Waals surface area contributed by atoms with Gasteiger partial charge in [-0.1, -0.05) is 12.1 Å². The number of carbonyl (C=O) groups excluding carboxylic acids is 2. The van der Waals surface area contributed by atoms with Crippen LogP contribution in [0.3, 0.4) is 0 Å². The number of fused-ring (bicyclic) bond motifs is 1. The third kappa shape index (κ3) is 3.86. The molecule has 1 aliphatic heterocycles. The number of nitrogens with two attached hydrogens (primary N) is 2. The van der Waals surface area contributed by atoms with Gasteiger partial charge in [0.2, 0.25) is 0 Å². The van der Waals surface area contributed by atoms with Crippen LogP contribution in [0.15, 0.2) is 53.4 Å². The van der Waals surface area contributed by atoms with E-state index in [-0.39, 0.29) is 5.91 Å². The van der Waals surface area contributed by atoms with Crippen molar-refractivity contribution in [2.45, 2.75) is 17.9 Å². The van der Waals surface area contributed by atoms with Crippen LogP contribution < -0.4 is 16.4 Å². The number of aromatic nitrogens is 1. The van der Waals surface area contributed by atoms with E-state index >= 15 is 0 Å². The average molecular weight is 440 g/mol. The average Bonchev–Trinajstić information content (AvgIpc) is 3.19. The maximum atomic E-state index is 13.6. The first-order valence-corrected chi connectivity index (χ1v) is 11.4. The van der Waals surface area contributed by atoms with E-state index in [1.807, 2.05) is 48.7 Å². The Morgan fingerprint density at radius 2 is 1.90 bits per heavy atom. The van der Waals surface area contributed by atoms with Crippen molar-refractivity contribution in [2.75, 3.05) is 23.4 Å². The lowest BCUT2D eigenvalue weighted by Gasteiger charge is -2.23. The summed E-state index contributed by atoms with van der Waals surface area (Å²) in [5.74, 6) is -0.255. The van der Waals surface area contributed by atoms with Crippen LogP contribution in [-0.4, -0.2) is 34.6 Å². The summed E-state index contributed by atoms with van der Waals surface area (Å²) in [6.45, 7) is 0.886. The fraction of sp³-hybridized carbons (Fsp3) is 0.190. The normalized spacial score (nSPS) is 13.0. The Kier molecular flexibility index (Phi) is 5.65. The Bertz CT molecular complexity index is 1100. The van der Waals surface area contributed by atoms with Crippen molar-refractivity contribution < 1.29 is 9.59 Å². The molecule has 0 spiro atoms. The zero-order valence-corrected chi connectivity index (χ0v) is 18.0. The second-order valence-corrected chi connectivity index (χ2v) is 8.76. The smallest absolute Gasteiger partial charge is 0.315 e. The van der Waals surface area contributed by atoms with Crippen molar-refractivity contribution in [3.8, 4) is 0 Å². The molecular weight excluding hydrogens is 418 g/mol. The number of anilines is 3. The molecule has 4 rings (SSSR count). The van der Waals surface area contributed by atoms with Gasteiger partial charge in [0.25, 0.3) is 5.91 Å². The van der Waals surface area contributed by atoms with E-state index < -0.39 is 6.03 Å². The molecule has 0 bridgehead atoms. The highest BCUT2D eigenvalue weighted by atomic mass is 32.2. The maximum absolute atomic E-state index is 13.6. The lowest BCUT2D eigenvalue weighted by molar-refractivity contribution is 0.0998. The summed E-state index contributed by atoms with van der Waals surface area (Å²) in [6, 6.07) is 14.5. The van der Waals surface area contributed by atoms with Crippen LogP contribution in [0.5, 0.6) is 0 Å². The number of nitrogen functional groups attached to an aromatic ring is 1. The topological polar surface area (TPSA) is 106 Å². The zero-order chi connectivity index (χ0) is 21.3. The molecule has 1 aromatic heterocycles. The molecule has 2 aromatic carbocycles. The first-order chi connectivity index (χ1) is 14.5. The molecule has 3 amide bonds. The van der Waals surface area contributed by atoms with Crippen LogP contribution in [0.1, 0.15) is 20.4 Å². The van der Waals surface area contributed by atoms with Crippen LogP contribution in [-0.2, 0) is 13.0 Å². The highest BCUT2D eigenvalue weighted by Crippen LogP contribution is 2.35. The van der Waals surface area contributed by atoms with Crippen LogP contribution >= 0.6 is 23.1 Å². The van der Waals surface area contributed by atoms with Gasteiger partial charge in [-0.25, -0.2) is 9.78 Å². The second-order valence-electron chi connectivity index (χ2n) is 6.80. The largest absolute Gasteiger partial charge is 0.397 e. The van der Waals surface area contributed by atoms with Gasteiger partial charge in [0, 0.05) is 28.4 Å². The number of rotatable bonds is 4. The molecule has 0 radical (unpaired) electrons. The van der Waals surface area contributed by atoms with E-state index in [0.29, 0.717) is 41.6 Å². The number of hydrogen-bond acceptors (Lipinski definition) is 6. The van der Waals surface area contributed by atoms with Crippen molar-refractivity contribution in [2.24, 2.45) is 5.73 Å². The molecule has 0 unspecified atom stereocenters. The van der Waals surface area contributed by atoms with Gasteiger partial charge >= 0.3 is 6.03 Å². The second kappa shape index (κ2) is 8.37. The lowest BCUT2D eigenvalue weighted by atomic mass is 10.2. The Balaban J connectivity index is 1.73. The van der Waals surface area contributed by atoms with Crippen LogP contribution in [0.25, 0.3) is 0 Å². The molecule has 154 valence electrons. The standard InChI is InChI=1S/C21H21N5O2S2/c1-29-14-8-6-13(7-9-14)26(17-5-3-2-4-15(17)22)20(27)19-24-16-10-11-25(21(23)28)12-18(16)30-19/h2-9H,10-12,22H2,1H3,(H2,23,28). The summed E-state index contributed by atoms with van der Waals surface area (Å²) >= 11 is 2.93. The van der Waals surface area contributed by atoms with E-state index in [1.165, 1.54) is 11.3 Å². The molecule has 30 heavy (non-hydrogen) atoms. The highest BCUT2D eigenvalue weighted by Gasteiger charge is 2.28. The lowest BCUT2D eigenvalue weighted by Crippen LogP contribution is -2.39. The fourth-order valence-corrected chi connectivity index (χ4v) is 4.82. The number of nitrogens with zero attached hydrogens (tertiary/aromatic N) is 3. The van der Waals surface area contributed by atoms with Crippen molar-refractivity contribution in [3.63, 3.8) is 0 Å². The van der Waals surface area contributed by atoms with Crippen molar-refractivity contribution in [1.29, 1.82) is 0 Å². The molecule has 4 N–H and O–H groups in total. The van der Waals surface area contributed by atoms with Gasteiger partial charge < -0.3 is 16.4 Å². The van der Waals surface area contributed by atoms with Crippen molar-refractivity contribution in [3.05, 3.63) is 64.1 Å². The SMILES string of the molecule is CSc1ccc(N(C(=O)c2nc3c(s2)CN(C(N)=O)CC3)c2ccccc2N)cc1. The summed E-state index contributed by atoms with van der Waals surface area (Å²) in [7, 11) is 0. The molecule has 3 aromatic rings. The number of para-hydroxylation sites is 2. The van der Waals surface area contributed by atoms with E-state index in [2.05, 4.69) is 4.98 Å². The van der Waals surface area contributed by atoms with Gasteiger partial charge in [-0.05, 0) is 42.7 Å². The molecule has 0 atom stereocenters. The Morgan fingerprint density at radius 1 is 1.17 bits per heavy atom. The molecule has 7 nitrogen and oxygen atoms in total.